The van der Waals surface area contributed by atoms with E-state index in [1.165, 1.54) is 17.4 Å². The normalized spacial score (nSPS) is 9.93. The van der Waals surface area contributed by atoms with E-state index in [-0.39, 0.29) is 5.82 Å². The number of rotatable bonds is 1. The van der Waals surface area contributed by atoms with Crippen molar-refractivity contribution in [3.63, 3.8) is 0 Å². The SMILES string of the molecule is N#Cc1nc(-c2ccccc2F)sc1Br. The molecule has 0 fully saturated rings. The minimum atomic E-state index is -0.330. The molecule has 2 aromatic rings. The minimum Gasteiger partial charge on any atom is -0.224 e. The summed E-state index contributed by atoms with van der Waals surface area (Å²) in [6.45, 7) is 0. The smallest absolute Gasteiger partial charge is 0.166 e. The predicted molar refractivity (Wildman–Crippen MR) is 59.9 cm³/mol. The maximum absolute atomic E-state index is 13.4. The summed E-state index contributed by atoms with van der Waals surface area (Å²) in [5, 5.41) is 9.23. The molecule has 2 nitrogen and oxygen atoms in total. The third-order valence-corrected chi connectivity index (χ3v) is 3.53. The topological polar surface area (TPSA) is 36.7 Å². The van der Waals surface area contributed by atoms with Gasteiger partial charge in [-0.2, -0.15) is 5.26 Å². The van der Waals surface area contributed by atoms with Gasteiger partial charge in [-0.25, -0.2) is 9.37 Å². The zero-order valence-electron chi connectivity index (χ0n) is 7.37. The second-order valence-electron chi connectivity index (χ2n) is 2.73. The van der Waals surface area contributed by atoms with Crippen LogP contribution in [-0.2, 0) is 0 Å². The van der Waals surface area contributed by atoms with Gasteiger partial charge >= 0.3 is 0 Å². The van der Waals surface area contributed by atoms with E-state index in [4.69, 9.17) is 5.26 Å². The highest BCUT2D eigenvalue weighted by molar-refractivity contribution is 9.11. The van der Waals surface area contributed by atoms with E-state index in [9.17, 15) is 4.39 Å². The summed E-state index contributed by atoms with van der Waals surface area (Å²) in [6, 6.07) is 8.30. The number of aromatic nitrogens is 1. The Bertz CT molecular complexity index is 545. The molecule has 1 heterocycles. The Morgan fingerprint density at radius 3 is 2.73 bits per heavy atom. The van der Waals surface area contributed by atoms with Gasteiger partial charge in [0.15, 0.2) is 5.69 Å². The van der Waals surface area contributed by atoms with E-state index < -0.39 is 0 Å². The van der Waals surface area contributed by atoms with E-state index in [2.05, 4.69) is 20.9 Å². The Morgan fingerprint density at radius 2 is 2.13 bits per heavy atom. The standard InChI is InChI=1S/C10H4BrFN2S/c11-9-8(5-13)14-10(15-9)6-3-1-2-4-7(6)12/h1-4H. The number of nitrogens with zero attached hydrogens (tertiary/aromatic N) is 2. The lowest BCUT2D eigenvalue weighted by Gasteiger charge is -1.96. The van der Waals surface area contributed by atoms with Crippen molar-refractivity contribution in [2.45, 2.75) is 0 Å². The Kier molecular flexibility index (Phi) is 2.80. The lowest BCUT2D eigenvalue weighted by molar-refractivity contribution is 0.631. The fourth-order valence-corrected chi connectivity index (χ4v) is 2.53. The highest BCUT2D eigenvalue weighted by Gasteiger charge is 2.12. The molecule has 0 atom stereocenters. The lowest BCUT2D eigenvalue weighted by Crippen LogP contribution is -1.82. The first-order valence-electron chi connectivity index (χ1n) is 4.03. The summed E-state index contributed by atoms with van der Waals surface area (Å²) < 4.78 is 14.0. The van der Waals surface area contributed by atoms with Crippen molar-refractivity contribution in [2.24, 2.45) is 0 Å². The van der Waals surface area contributed by atoms with E-state index in [0.29, 0.717) is 20.1 Å². The summed E-state index contributed by atoms with van der Waals surface area (Å²) >= 11 is 4.46. The van der Waals surface area contributed by atoms with Crippen LogP contribution in [0.2, 0.25) is 0 Å². The molecule has 0 N–H and O–H groups in total. The van der Waals surface area contributed by atoms with Crippen LogP contribution in [0.4, 0.5) is 4.39 Å². The van der Waals surface area contributed by atoms with E-state index in [1.807, 2.05) is 6.07 Å². The van der Waals surface area contributed by atoms with Crippen molar-refractivity contribution in [3.8, 4) is 16.6 Å². The van der Waals surface area contributed by atoms with Crippen molar-refractivity contribution < 1.29 is 4.39 Å². The van der Waals surface area contributed by atoms with Crippen molar-refractivity contribution in [1.29, 1.82) is 5.26 Å². The molecule has 1 aromatic carbocycles. The first-order valence-corrected chi connectivity index (χ1v) is 5.64. The van der Waals surface area contributed by atoms with Crippen molar-refractivity contribution in [3.05, 3.63) is 39.6 Å². The number of thiazole rings is 1. The Hall–Kier alpha value is -1.25. The monoisotopic (exact) mass is 282 g/mol. The zero-order valence-corrected chi connectivity index (χ0v) is 9.77. The lowest BCUT2D eigenvalue weighted by atomic mass is 10.2. The number of benzene rings is 1. The van der Waals surface area contributed by atoms with Gasteiger partial charge in [0, 0.05) is 5.56 Å². The van der Waals surface area contributed by atoms with Crippen molar-refractivity contribution >= 4 is 27.3 Å². The van der Waals surface area contributed by atoms with Gasteiger partial charge in [-0.1, -0.05) is 12.1 Å². The molecule has 0 spiro atoms. The molecule has 15 heavy (non-hydrogen) atoms. The molecule has 1 aromatic heterocycles. The van der Waals surface area contributed by atoms with Crippen LogP contribution in [0.5, 0.6) is 0 Å². The van der Waals surface area contributed by atoms with Crippen LogP contribution in [0.25, 0.3) is 10.6 Å². The number of hydrogen-bond acceptors (Lipinski definition) is 3. The van der Waals surface area contributed by atoms with Crippen LogP contribution in [0.15, 0.2) is 28.1 Å². The molecule has 0 saturated carbocycles. The second-order valence-corrected chi connectivity index (χ2v) is 5.05. The Balaban J connectivity index is 2.56. The molecule has 0 bridgehead atoms. The van der Waals surface area contributed by atoms with Gasteiger partial charge in [-0.3, -0.25) is 0 Å². The second kappa shape index (κ2) is 4.09. The van der Waals surface area contributed by atoms with Crippen LogP contribution < -0.4 is 0 Å². The van der Waals surface area contributed by atoms with Crippen molar-refractivity contribution in [1.82, 2.24) is 4.98 Å². The molecule has 0 aliphatic rings. The summed E-state index contributed by atoms with van der Waals surface area (Å²) in [6.07, 6.45) is 0. The molecule has 74 valence electrons. The Labute approximate surface area is 98.1 Å². The fourth-order valence-electron chi connectivity index (χ4n) is 1.12. The first kappa shape index (κ1) is 10.3. The molecule has 0 saturated heterocycles. The van der Waals surface area contributed by atoms with Crippen LogP contribution in [0.1, 0.15) is 5.69 Å². The summed E-state index contributed by atoms with van der Waals surface area (Å²) in [4.78, 5) is 4.03. The average molecular weight is 283 g/mol. The zero-order chi connectivity index (χ0) is 10.8. The third kappa shape index (κ3) is 1.91. The van der Waals surface area contributed by atoms with Gasteiger partial charge in [0.25, 0.3) is 0 Å². The molecule has 5 heteroatoms. The molecular weight excluding hydrogens is 279 g/mol. The average Bonchev–Trinajstić information content (AvgIpc) is 2.60. The molecule has 0 aliphatic heterocycles. The molecule has 0 radical (unpaired) electrons. The molecular formula is C10H4BrFN2S. The van der Waals surface area contributed by atoms with Gasteiger partial charge in [0.1, 0.15) is 20.7 Å². The highest BCUT2D eigenvalue weighted by Crippen LogP contribution is 2.32. The van der Waals surface area contributed by atoms with Crippen molar-refractivity contribution in [2.75, 3.05) is 0 Å². The van der Waals surface area contributed by atoms with Gasteiger partial charge in [-0.05, 0) is 28.1 Å². The fraction of sp³-hybridized carbons (Fsp3) is 0. The van der Waals surface area contributed by atoms with Crippen LogP contribution >= 0.6 is 27.3 Å². The van der Waals surface area contributed by atoms with Crippen LogP contribution in [0, 0.1) is 17.1 Å². The van der Waals surface area contributed by atoms with E-state index in [1.54, 1.807) is 18.2 Å². The number of hydrogen-bond donors (Lipinski definition) is 0. The quantitative estimate of drug-likeness (QED) is 0.802. The Morgan fingerprint density at radius 1 is 1.40 bits per heavy atom. The maximum Gasteiger partial charge on any atom is 0.166 e. The molecule has 0 amide bonds. The highest BCUT2D eigenvalue weighted by atomic mass is 79.9. The van der Waals surface area contributed by atoms with E-state index >= 15 is 0 Å². The molecule has 0 unspecified atom stereocenters. The molecule has 2 rings (SSSR count). The summed E-state index contributed by atoms with van der Waals surface area (Å²) in [5.41, 5.74) is 0.711. The van der Waals surface area contributed by atoms with Gasteiger partial charge in [0.2, 0.25) is 0 Å². The van der Waals surface area contributed by atoms with E-state index in [0.717, 1.165) is 0 Å². The van der Waals surface area contributed by atoms with Gasteiger partial charge in [-0.15, -0.1) is 11.3 Å². The predicted octanol–water partition coefficient (Wildman–Crippen LogP) is 3.58. The number of halogens is 2. The number of nitriles is 1. The van der Waals surface area contributed by atoms with Gasteiger partial charge < -0.3 is 0 Å². The summed E-state index contributed by atoms with van der Waals surface area (Å²) in [7, 11) is 0. The summed E-state index contributed by atoms with van der Waals surface area (Å²) in [5.74, 6) is -0.330. The third-order valence-electron chi connectivity index (χ3n) is 1.80. The molecule has 0 aliphatic carbocycles. The van der Waals surface area contributed by atoms with Crippen LogP contribution in [-0.4, -0.2) is 4.98 Å². The minimum absolute atomic E-state index is 0.290. The van der Waals surface area contributed by atoms with Crippen LogP contribution in [0.3, 0.4) is 0 Å². The first-order chi connectivity index (χ1) is 7.22. The maximum atomic E-state index is 13.4. The van der Waals surface area contributed by atoms with Gasteiger partial charge in [0.05, 0.1) is 0 Å². The largest absolute Gasteiger partial charge is 0.224 e.